The Labute approximate surface area is 312 Å². The van der Waals surface area contributed by atoms with Crippen molar-refractivity contribution in [3.8, 4) is 0 Å². The minimum absolute atomic E-state index is 0. The van der Waals surface area contributed by atoms with Crippen LogP contribution in [0.25, 0.3) is 0 Å². The molecule has 0 fully saturated rings. The Morgan fingerprint density at radius 2 is 1.14 bits per heavy atom. The van der Waals surface area contributed by atoms with Crippen LogP contribution in [0.15, 0.2) is 0 Å². The number of halogens is 5. The Morgan fingerprint density at radius 1 is 0.857 bits per heavy atom. The van der Waals surface area contributed by atoms with Crippen LogP contribution in [-0.2, 0) is 43.5 Å². The van der Waals surface area contributed by atoms with E-state index in [1.807, 2.05) is 0 Å². The summed E-state index contributed by atoms with van der Waals surface area (Å²) in [4.78, 5) is 0. The van der Waals surface area contributed by atoms with Gasteiger partial charge in [0.25, 0.3) is 0 Å². The summed E-state index contributed by atoms with van der Waals surface area (Å²) in [5.41, 5.74) is 0. The predicted molar refractivity (Wildman–Crippen MR) is 141 cm³/mol. The van der Waals surface area contributed by atoms with Crippen molar-refractivity contribution in [1.82, 2.24) is 0 Å². The van der Waals surface area contributed by atoms with Crippen LogP contribution in [0.1, 0.15) is 19.3 Å². The zero-order valence-electron chi connectivity index (χ0n) is 17.1. The number of hydrogen-bond donors (Lipinski definition) is 2. The van der Waals surface area contributed by atoms with Crippen molar-refractivity contribution in [2.45, 2.75) is 19.3 Å². The number of methoxy groups -OCH3 is 1. The first kappa shape index (κ1) is 70.1. The zero-order valence-corrected chi connectivity index (χ0v) is 36.8. The molecule has 0 aromatic rings. The first-order chi connectivity index (χ1) is 10.5. The molecule has 28 heavy (non-hydrogen) atoms. The van der Waals surface area contributed by atoms with Crippen molar-refractivity contribution in [1.29, 1.82) is 0 Å². The van der Waals surface area contributed by atoms with Gasteiger partial charge in [0.2, 0.25) is 0 Å². The van der Waals surface area contributed by atoms with Gasteiger partial charge in [-0.1, -0.05) is 6.42 Å². The van der Waals surface area contributed by atoms with Crippen LogP contribution in [-0.4, -0.2) is 64.1 Å². The van der Waals surface area contributed by atoms with Gasteiger partial charge in [0.15, 0.2) is 0 Å². The monoisotopic (exact) mass is 1070 g/mol. The smallest absolute Gasteiger partial charge is 0.369 e. The normalized spacial score (nSPS) is 6.11. The fourth-order valence-corrected chi connectivity index (χ4v) is 0.681. The van der Waals surface area contributed by atoms with Crippen molar-refractivity contribution < 1.29 is 122 Å². The van der Waals surface area contributed by atoms with Gasteiger partial charge < -0.3 is 68.6 Å². The van der Waals surface area contributed by atoms with E-state index in [4.69, 9.17) is 38.2 Å². The molecule has 0 aromatic heterocycles. The molecule has 0 rings (SSSR count). The summed E-state index contributed by atoms with van der Waals surface area (Å²) in [6.45, 7) is 1.23. The Kier molecular flexibility index (Phi) is 233. The SMILES string of the molecule is BrB(Br)Br.COCCCCl.C[S-].OCCCCl.OCCC[S-].[CH3-].[CH3-].[La].[La].[La].[SH-]. The molecule has 0 atom stereocenters. The van der Waals surface area contributed by atoms with Gasteiger partial charge in [0, 0.05) is 145 Å². The number of ether oxygens (including phenoxy) is 1. The van der Waals surface area contributed by atoms with Crippen LogP contribution in [0.4, 0.5) is 0 Å². The number of thiol groups is 1. The third-order valence-corrected chi connectivity index (χ3v) is 1.90. The molecular weight excluding hydrogens is 1040 g/mol. The third kappa shape index (κ3) is 176. The van der Waals surface area contributed by atoms with E-state index < -0.39 is 0 Å². The number of hydrogen-bond acceptors (Lipinski definition) is 6. The summed E-state index contributed by atoms with van der Waals surface area (Å²) >= 11 is 28.3. The first-order valence-electron chi connectivity index (χ1n) is 6.22. The van der Waals surface area contributed by atoms with Crippen LogP contribution >= 0.6 is 70.5 Å². The van der Waals surface area contributed by atoms with Crippen molar-refractivity contribution in [2.24, 2.45) is 0 Å². The van der Waals surface area contributed by atoms with Crippen LogP contribution in [0.2, 0.25) is 0 Å². The number of alkyl halides is 2. The summed E-state index contributed by atoms with van der Waals surface area (Å²) in [6, 6.07) is 0. The summed E-state index contributed by atoms with van der Waals surface area (Å²) in [7, 11) is 1.67. The number of aliphatic hydroxyl groups is 2. The Balaban J connectivity index is -0.0000000140. The second-order valence-corrected chi connectivity index (χ2v) is 10.4. The molecule has 0 unspecified atom stereocenters. The van der Waals surface area contributed by atoms with E-state index in [1.165, 1.54) is 0 Å². The topological polar surface area (TPSA) is 49.7 Å². The largest absolute Gasteiger partial charge is 0.813 e. The molecule has 0 saturated carbocycles. The van der Waals surface area contributed by atoms with Gasteiger partial charge in [0.1, 0.15) is 0 Å². The van der Waals surface area contributed by atoms with E-state index in [0.29, 0.717) is 23.9 Å². The molecule has 173 valence electrons. The van der Waals surface area contributed by atoms with Crippen molar-refractivity contribution in [2.75, 3.05) is 50.7 Å². The molecule has 0 aromatic carbocycles. The van der Waals surface area contributed by atoms with Gasteiger partial charge in [-0.3, -0.25) is 0 Å². The average Bonchev–Trinajstić information content (AvgIpc) is 2.49. The van der Waals surface area contributed by atoms with Crippen LogP contribution in [0, 0.1) is 122 Å². The molecule has 3 nitrogen and oxygen atoms in total. The predicted octanol–water partition coefficient (Wildman–Crippen LogP) is 4.73. The van der Waals surface area contributed by atoms with Crippen LogP contribution in [0.3, 0.4) is 0 Å². The molecule has 0 aliphatic carbocycles. The average molecular weight is 1070 g/mol. The van der Waals surface area contributed by atoms with Crippen LogP contribution < -0.4 is 0 Å². The zero-order chi connectivity index (χ0) is 18.6. The van der Waals surface area contributed by atoms with Crippen molar-refractivity contribution in [3.05, 3.63) is 14.9 Å². The van der Waals surface area contributed by atoms with E-state index >= 15 is 0 Å². The first-order valence-corrected chi connectivity index (χ1v) is 11.4. The minimum Gasteiger partial charge on any atom is -0.813 e. The Morgan fingerprint density at radius 3 is 1.18 bits per heavy atom. The minimum atomic E-state index is 0. The molecule has 2 N–H and O–H groups in total. The molecule has 0 heterocycles. The quantitative estimate of drug-likeness (QED) is 0.0962. The fourth-order valence-electron chi connectivity index (χ4n) is 0.323. The molecule has 0 aliphatic rings. The fraction of sp³-hybridized carbons (Fsp3) is 0.846. The summed E-state index contributed by atoms with van der Waals surface area (Å²) in [5.74, 6) is 1.95. The van der Waals surface area contributed by atoms with Gasteiger partial charge in [-0.05, 0) is 12.8 Å². The molecule has 15 heteroatoms. The third-order valence-electron chi connectivity index (χ3n) is 1.08. The maximum atomic E-state index is 8.00. The van der Waals surface area contributed by atoms with Crippen LogP contribution in [0.5, 0.6) is 0 Å². The maximum absolute atomic E-state index is 8.00. The maximum Gasteiger partial charge on any atom is 0.369 e. The Bertz CT molecular complexity index is 143. The molecule has 0 amide bonds. The van der Waals surface area contributed by atoms with Crippen molar-refractivity contribution in [3.63, 3.8) is 0 Å². The number of rotatable bonds is 7. The van der Waals surface area contributed by atoms with Crippen molar-refractivity contribution >= 4 is 112 Å². The second kappa shape index (κ2) is 93.0. The van der Waals surface area contributed by atoms with E-state index in [1.54, 1.807) is 13.4 Å². The van der Waals surface area contributed by atoms with Gasteiger partial charge in [-0.15, -0.1) is 70.5 Å². The molecular formula is C13H33BBr3Cl2La3O3S3-5. The van der Waals surface area contributed by atoms with E-state index in [2.05, 4.69) is 72.5 Å². The Hall–Kier alpha value is 6.60. The summed E-state index contributed by atoms with van der Waals surface area (Å²) < 4.78 is 4.97. The van der Waals surface area contributed by atoms with E-state index in [9.17, 15) is 0 Å². The van der Waals surface area contributed by atoms with E-state index in [0.717, 1.165) is 19.4 Å². The molecule has 0 spiro atoms. The molecule has 0 bridgehead atoms. The standard InChI is InChI=1S/C4H9ClO.C3H7ClO.C3H8OS.CH4S.2CH3.BBr3.3La.H2S/c1-6-4-2-3-5;2*4-2-1-3-5;1-2;;;2-1(3)4;;;;/h2-4H2,1H3;5H,1-3H2;4-5H,1-3H2;2H,1H3;2*1H3;;;;;1H2/q;;;;2*-1;;;;;/p-3. The van der Waals surface area contributed by atoms with Gasteiger partial charge in [-0.25, -0.2) is 0 Å². The molecule has 3 radical (unpaired) electrons. The second-order valence-electron chi connectivity index (χ2n) is 2.83. The molecule has 0 aliphatic heterocycles. The number of aliphatic hydroxyl groups excluding tert-OH is 2. The summed E-state index contributed by atoms with van der Waals surface area (Å²) in [6.07, 6.45) is 4.01. The van der Waals surface area contributed by atoms with E-state index in [-0.39, 0.29) is 152 Å². The molecule has 0 saturated heterocycles. The van der Waals surface area contributed by atoms with Gasteiger partial charge >= 0.3 is 3.18 Å². The van der Waals surface area contributed by atoms with Gasteiger partial charge in [-0.2, -0.15) is 12.0 Å². The summed E-state index contributed by atoms with van der Waals surface area (Å²) in [5, 5.41) is 16.0. The van der Waals surface area contributed by atoms with Gasteiger partial charge in [0.05, 0.1) is 0 Å².